The van der Waals surface area contributed by atoms with Crippen molar-refractivity contribution < 1.29 is 28.6 Å². The molecule has 0 aromatic carbocycles. The maximum Gasteiger partial charge on any atom is 0.303 e. The lowest BCUT2D eigenvalue weighted by molar-refractivity contribution is -0.164. The number of hydrogen-bond donors (Lipinski definition) is 0. The third-order valence-electron chi connectivity index (χ3n) is 2.51. The zero-order valence-electron chi connectivity index (χ0n) is 11.2. The van der Waals surface area contributed by atoms with E-state index in [4.69, 9.17) is 14.2 Å². The monoisotopic (exact) mass is 290 g/mol. The summed E-state index contributed by atoms with van der Waals surface area (Å²) in [5, 5.41) is 0.0417. The summed E-state index contributed by atoms with van der Waals surface area (Å²) in [6.07, 6.45) is -0.432. The van der Waals surface area contributed by atoms with Crippen molar-refractivity contribution in [2.45, 2.75) is 44.6 Å². The molecule has 0 radical (unpaired) electrons. The van der Waals surface area contributed by atoms with E-state index in [1.807, 2.05) is 0 Å². The normalized spacial score (nSPS) is 26.4. The van der Waals surface area contributed by atoms with Crippen LogP contribution in [0.4, 0.5) is 0 Å². The Balaban J connectivity index is 2.56. The van der Waals surface area contributed by atoms with Gasteiger partial charge in [-0.05, 0) is 0 Å². The van der Waals surface area contributed by atoms with E-state index in [1.165, 1.54) is 20.8 Å². The summed E-state index contributed by atoms with van der Waals surface area (Å²) in [6, 6.07) is 0. The third kappa shape index (κ3) is 5.96. The van der Waals surface area contributed by atoms with Gasteiger partial charge in [-0.25, -0.2) is 0 Å². The molecule has 1 heterocycles. The maximum absolute atomic E-state index is 11.1. The third-order valence-corrected chi connectivity index (χ3v) is 3.83. The van der Waals surface area contributed by atoms with Crippen molar-refractivity contribution >= 4 is 29.7 Å². The molecule has 0 N–H and O–H groups in total. The lowest BCUT2D eigenvalue weighted by atomic mass is 10.1. The van der Waals surface area contributed by atoms with Crippen LogP contribution in [-0.2, 0) is 28.6 Å². The predicted molar refractivity (Wildman–Crippen MR) is 68.6 cm³/mol. The zero-order valence-corrected chi connectivity index (χ0v) is 12.0. The van der Waals surface area contributed by atoms with Crippen molar-refractivity contribution in [2.75, 3.05) is 12.4 Å². The molecule has 6 nitrogen and oxygen atoms in total. The van der Waals surface area contributed by atoms with Crippen LogP contribution in [0.3, 0.4) is 0 Å². The number of carbonyl (C=O) groups is 3. The van der Waals surface area contributed by atoms with E-state index in [0.717, 1.165) is 0 Å². The highest BCUT2D eigenvalue weighted by Crippen LogP contribution is 2.30. The van der Waals surface area contributed by atoms with E-state index >= 15 is 0 Å². The Morgan fingerprint density at radius 3 is 2.11 bits per heavy atom. The van der Waals surface area contributed by atoms with Gasteiger partial charge in [0.2, 0.25) is 0 Å². The molecule has 7 heteroatoms. The highest BCUT2D eigenvalue weighted by atomic mass is 32.2. The van der Waals surface area contributed by atoms with E-state index < -0.39 is 24.1 Å². The summed E-state index contributed by atoms with van der Waals surface area (Å²) in [4.78, 5) is 32.8. The summed E-state index contributed by atoms with van der Waals surface area (Å²) in [7, 11) is 0. The Bertz CT molecular complexity index is 356. The van der Waals surface area contributed by atoms with E-state index in [0.29, 0.717) is 12.2 Å². The summed E-state index contributed by atoms with van der Waals surface area (Å²) in [6.45, 7) is 4.25. The van der Waals surface area contributed by atoms with E-state index in [2.05, 4.69) is 0 Å². The van der Waals surface area contributed by atoms with Gasteiger partial charge in [0, 0.05) is 38.2 Å². The Kier molecular flexibility index (Phi) is 6.14. The molecule has 19 heavy (non-hydrogen) atoms. The molecule has 1 rings (SSSR count). The number of hydrogen-bond acceptors (Lipinski definition) is 7. The first-order chi connectivity index (χ1) is 8.88. The molecule has 1 aliphatic rings. The van der Waals surface area contributed by atoms with Crippen molar-refractivity contribution in [1.82, 2.24) is 0 Å². The van der Waals surface area contributed by atoms with E-state index in [9.17, 15) is 14.4 Å². The average Bonchev–Trinajstić information content (AvgIpc) is 2.28. The molecule has 1 aliphatic heterocycles. The molecule has 0 bridgehead atoms. The standard InChI is InChI=1S/C12H18O6S/c1-7(13)16-5-10-4-11(17-8(2)14)12(6-19-10)18-9(3)15/h10-12H,4-6H2,1-3H3/t10-,11-,12-/m1/s1. The van der Waals surface area contributed by atoms with Gasteiger partial charge in [0.15, 0.2) is 0 Å². The van der Waals surface area contributed by atoms with Gasteiger partial charge in [0.25, 0.3) is 0 Å². The van der Waals surface area contributed by atoms with E-state index in [-0.39, 0.29) is 17.8 Å². The van der Waals surface area contributed by atoms with Crippen LogP contribution in [-0.4, -0.2) is 47.7 Å². The lowest BCUT2D eigenvalue weighted by Gasteiger charge is -2.34. The minimum Gasteiger partial charge on any atom is -0.465 e. The van der Waals surface area contributed by atoms with Gasteiger partial charge in [0.05, 0.1) is 0 Å². The van der Waals surface area contributed by atoms with Crippen LogP contribution in [0.5, 0.6) is 0 Å². The fourth-order valence-corrected chi connectivity index (χ4v) is 3.04. The molecule has 1 saturated heterocycles. The van der Waals surface area contributed by atoms with Crippen LogP contribution in [0.1, 0.15) is 27.2 Å². The fourth-order valence-electron chi connectivity index (χ4n) is 1.80. The van der Waals surface area contributed by atoms with Gasteiger partial charge >= 0.3 is 17.9 Å². The molecule has 0 unspecified atom stereocenters. The van der Waals surface area contributed by atoms with Gasteiger partial charge in [-0.3, -0.25) is 14.4 Å². The summed E-state index contributed by atoms with van der Waals surface area (Å²) >= 11 is 1.54. The maximum atomic E-state index is 11.1. The molecule has 3 atom stereocenters. The molecule has 0 aliphatic carbocycles. The van der Waals surface area contributed by atoms with Crippen LogP contribution in [0.15, 0.2) is 0 Å². The molecule has 0 amide bonds. The SMILES string of the molecule is CC(=O)OC[C@H]1C[C@@H](OC(C)=O)[C@H](OC(C)=O)CS1. The van der Waals surface area contributed by atoms with Crippen LogP contribution in [0, 0.1) is 0 Å². The Morgan fingerprint density at radius 2 is 1.58 bits per heavy atom. The zero-order chi connectivity index (χ0) is 14.4. The Labute approximate surface area is 116 Å². The molecule has 0 saturated carbocycles. The number of carbonyl (C=O) groups excluding carboxylic acids is 3. The quantitative estimate of drug-likeness (QED) is 0.562. The summed E-state index contributed by atoms with van der Waals surface area (Å²) < 4.78 is 15.2. The lowest BCUT2D eigenvalue weighted by Crippen LogP contribution is -2.43. The second-order valence-electron chi connectivity index (χ2n) is 4.29. The Morgan fingerprint density at radius 1 is 1.00 bits per heavy atom. The highest BCUT2D eigenvalue weighted by molar-refractivity contribution is 8.00. The summed E-state index contributed by atoms with van der Waals surface area (Å²) in [5.74, 6) is -0.642. The van der Waals surface area contributed by atoms with Gasteiger partial charge < -0.3 is 14.2 Å². The predicted octanol–water partition coefficient (Wildman–Crippen LogP) is 0.918. The van der Waals surface area contributed by atoms with Crippen LogP contribution < -0.4 is 0 Å². The first-order valence-electron chi connectivity index (χ1n) is 5.98. The van der Waals surface area contributed by atoms with Crippen molar-refractivity contribution in [3.8, 4) is 0 Å². The van der Waals surface area contributed by atoms with Crippen LogP contribution >= 0.6 is 11.8 Å². The first-order valence-corrected chi connectivity index (χ1v) is 7.02. The van der Waals surface area contributed by atoms with Crippen LogP contribution in [0.25, 0.3) is 0 Å². The highest BCUT2D eigenvalue weighted by Gasteiger charge is 2.35. The second-order valence-corrected chi connectivity index (χ2v) is 5.62. The Hall–Kier alpha value is -1.24. The fraction of sp³-hybridized carbons (Fsp3) is 0.750. The van der Waals surface area contributed by atoms with Crippen molar-refractivity contribution in [3.05, 3.63) is 0 Å². The van der Waals surface area contributed by atoms with Gasteiger partial charge in [0.1, 0.15) is 18.8 Å². The molecule has 0 aromatic rings. The van der Waals surface area contributed by atoms with E-state index in [1.54, 1.807) is 11.8 Å². The average molecular weight is 290 g/mol. The van der Waals surface area contributed by atoms with Crippen molar-refractivity contribution in [1.29, 1.82) is 0 Å². The van der Waals surface area contributed by atoms with Crippen LogP contribution in [0.2, 0.25) is 0 Å². The van der Waals surface area contributed by atoms with Crippen molar-refractivity contribution in [2.24, 2.45) is 0 Å². The molecule has 1 fully saturated rings. The molecule has 0 aromatic heterocycles. The largest absolute Gasteiger partial charge is 0.465 e. The number of thioether (sulfide) groups is 1. The number of esters is 3. The van der Waals surface area contributed by atoms with Gasteiger partial charge in [-0.15, -0.1) is 0 Å². The van der Waals surface area contributed by atoms with Crippen molar-refractivity contribution in [3.63, 3.8) is 0 Å². The molecule has 0 spiro atoms. The topological polar surface area (TPSA) is 78.9 Å². The minimum atomic E-state index is -0.483. The van der Waals surface area contributed by atoms with Gasteiger partial charge in [-0.1, -0.05) is 0 Å². The smallest absolute Gasteiger partial charge is 0.303 e. The first kappa shape index (κ1) is 15.8. The molecule has 108 valence electrons. The van der Waals surface area contributed by atoms with Gasteiger partial charge in [-0.2, -0.15) is 11.8 Å². The molecular weight excluding hydrogens is 272 g/mol. The summed E-state index contributed by atoms with van der Waals surface area (Å²) in [5.41, 5.74) is 0. The number of rotatable bonds is 4. The second kappa shape index (κ2) is 7.37. The molecular formula is C12H18O6S. The number of ether oxygens (including phenoxy) is 3. The minimum absolute atomic E-state index is 0.0417.